The van der Waals surface area contributed by atoms with Crippen LogP contribution in [0.1, 0.15) is 12.5 Å². The van der Waals surface area contributed by atoms with Crippen LogP contribution in [0.4, 0.5) is 0 Å². The normalized spacial score (nSPS) is 21.1. The van der Waals surface area contributed by atoms with Gasteiger partial charge >= 0.3 is 0 Å². The van der Waals surface area contributed by atoms with E-state index in [9.17, 15) is 9.59 Å². The quantitative estimate of drug-likeness (QED) is 0.822. The molecule has 1 fully saturated rings. The molecular weight excluding hydrogens is 266 g/mol. The number of para-hydroxylation sites is 1. The first-order valence-corrected chi connectivity index (χ1v) is 6.91. The van der Waals surface area contributed by atoms with Crippen molar-refractivity contribution in [1.82, 2.24) is 15.2 Å². The van der Waals surface area contributed by atoms with E-state index in [1.165, 1.54) is 4.90 Å². The number of amides is 2. The van der Waals surface area contributed by atoms with Gasteiger partial charge in [-0.15, -0.1) is 0 Å². The van der Waals surface area contributed by atoms with Crippen LogP contribution in [-0.2, 0) is 16.0 Å². The largest absolute Gasteiger partial charge is 0.361 e. The molecule has 1 aliphatic rings. The van der Waals surface area contributed by atoms with Gasteiger partial charge in [-0.3, -0.25) is 9.59 Å². The minimum absolute atomic E-state index is 0.143. The number of nitrogens with zero attached hydrogens (tertiary/aromatic N) is 1. The Morgan fingerprint density at radius 2 is 2.05 bits per heavy atom. The number of rotatable bonds is 2. The van der Waals surface area contributed by atoms with Crippen molar-refractivity contribution in [2.24, 2.45) is 0 Å². The summed E-state index contributed by atoms with van der Waals surface area (Å²) in [5, 5.41) is 3.76. The first-order valence-electron chi connectivity index (χ1n) is 6.91. The Kier molecular flexibility index (Phi) is 3.25. The van der Waals surface area contributed by atoms with Gasteiger partial charge in [-0.25, -0.2) is 0 Å². The van der Waals surface area contributed by atoms with Crippen molar-refractivity contribution in [3.63, 3.8) is 0 Å². The average molecular weight is 283 g/mol. The lowest BCUT2D eigenvalue weighted by atomic mass is 10.0. The third-order valence-corrected chi connectivity index (χ3v) is 3.96. The average Bonchev–Trinajstić information content (AvgIpc) is 2.90. The zero-order valence-corrected chi connectivity index (χ0v) is 12.0. The highest BCUT2D eigenvalue weighted by atomic mass is 16.2. The number of benzene rings is 1. The van der Waals surface area contributed by atoms with Crippen LogP contribution < -0.4 is 5.32 Å². The van der Waals surface area contributed by atoms with E-state index in [4.69, 9.17) is 0 Å². The van der Waals surface area contributed by atoms with Crippen LogP contribution >= 0.6 is 0 Å². The molecule has 1 aliphatic heterocycles. The number of carbonyl (C=O) groups excluding carboxylic acids is 2. The first kappa shape index (κ1) is 13.4. The molecule has 0 aliphatic carbocycles. The Bertz CT molecular complexity index is 745. The zero-order chi connectivity index (χ0) is 15.0. The summed E-state index contributed by atoms with van der Waals surface area (Å²) in [6.07, 6.45) is 4.02. The van der Waals surface area contributed by atoms with Crippen molar-refractivity contribution in [3.8, 4) is 0 Å². The third-order valence-electron chi connectivity index (χ3n) is 3.96. The standard InChI is InChI=1S/C16H17N3O2/c1-3-12-16(21)19(2)14(15(20)18-12)8-10-9-17-13-7-5-4-6-11(10)13/h3-7,9,14,17H,8H2,1-2H3,(H,18,20). The number of hydrogen-bond donors (Lipinski definition) is 2. The van der Waals surface area contributed by atoms with Crippen LogP contribution in [0.3, 0.4) is 0 Å². The molecular formula is C16H17N3O2. The molecule has 5 heteroatoms. The number of hydrogen-bond acceptors (Lipinski definition) is 2. The van der Waals surface area contributed by atoms with Crippen LogP contribution in [0.15, 0.2) is 42.2 Å². The SMILES string of the molecule is CC=C1NC(=O)C(Cc2c[nH]c3ccccc23)N(C)C1=O. The van der Waals surface area contributed by atoms with Crippen LogP contribution in [0.5, 0.6) is 0 Å². The van der Waals surface area contributed by atoms with Crippen molar-refractivity contribution in [2.75, 3.05) is 7.05 Å². The number of allylic oxidation sites excluding steroid dienone is 1. The Labute approximate surface area is 122 Å². The highest BCUT2D eigenvalue weighted by molar-refractivity contribution is 6.04. The molecule has 108 valence electrons. The van der Waals surface area contributed by atoms with Crippen LogP contribution in [-0.4, -0.2) is 34.8 Å². The maximum absolute atomic E-state index is 12.2. The number of aromatic amines is 1. The lowest BCUT2D eigenvalue weighted by Crippen LogP contribution is -2.56. The van der Waals surface area contributed by atoms with Crippen molar-refractivity contribution in [3.05, 3.63) is 47.8 Å². The number of H-pyrrole nitrogens is 1. The first-order chi connectivity index (χ1) is 10.1. The molecule has 2 heterocycles. The minimum Gasteiger partial charge on any atom is -0.361 e. The van der Waals surface area contributed by atoms with Gasteiger partial charge in [0.05, 0.1) is 0 Å². The van der Waals surface area contributed by atoms with Crippen molar-refractivity contribution in [1.29, 1.82) is 0 Å². The van der Waals surface area contributed by atoms with E-state index in [0.717, 1.165) is 16.5 Å². The Morgan fingerprint density at radius 3 is 2.81 bits per heavy atom. The van der Waals surface area contributed by atoms with E-state index in [1.54, 1.807) is 20.0 Å². The van der Waals surface area contributed by atoms with Gasteiger partial charge in [0.25, 0.3) is 5.91 Å². The summed E-state index contributed by atoms with van der Waals surface area (Å²) in [5.41, 5.74) is 2.42. The molecule has 0 bridgehead atoms. The highest BCUT2D eigenvalue weighted by Crippen LogP contribution is 2.22. The topological polar surface area (TPSA) is 65.2 Å². The minimum atomic E-state index is -0.486. The Morgan fingerprint density at radius 1 is 1.29 bits per heavy atom. The molecule has 2 aromatic rings. The van der Waals surface area contributed by atoms with Gasteiger partial charge in [0.1, 0.15) is 11.7 Å². The second kappa shape index (κ2) is 5.09. The summed E-state index contributed by atoms with van der Waals surface area (Å²) in [6.45, 7) is 1.74. The van der Waals surface area contributed by atoms with Gasteiger partial charge in [0, 0.05) is 30.6 Å². The van der Waals surface area contributed by atoms with Gasteiger partial charge in [0.2, 0.25) is 5.91 Å². The van der Waals surface area contributed by atoms with Crippen molar-refractivity contribution >= 4 is 22.7 Å². The fourth-order valence-electron chi connectivity index (χ4n) is 2.71. The van der Waals surface area contributed by atoms with E-state index < -0.39 is 6.04 Å². The molecule has 1 aromatic carbocycles. The smallest absolute Gasteiger partial charge is 0.270 e. The molecule has 2 amide bonds. The monoisotopic (exact) mass is 283 g/mol. The molecule has 0 saturated carbocycles. The van der Waals surface area contributed by atoms with Gasteiger partial charge in [-0.2, -0.15) is 0 Å². The van der Waals surface area contributed by atoms with Crippen molar-refractivity contribution in [2.45, 2.75) is 19.4 Å². The van der Waals surface area contributed by atoms with E-state index in [1.807, 2.05) is 30.5 Å². The Hall–Kier alpha value is -2.56. The number of piperazine rings is 1. The van der Waals surface area contributed by atoms with E-state index in [0.29, 0.717) is 12.1 Å². The summed E-state index contributed by atoms with van der Waals surface area (Å²) in [7, 11) is 1.67. The van der Waals surface area contributed by atoms with Crippen molar-refractivity contribution < 1.29 is 9.59 Å². The molecule has 1 aromatic heterocycles. The maximum Gasteiger partial charge on any atom is 0.270 e. The van der Waals surface area contributed by atoms with Crippen LogP contribution in [0.2, 0.25) is 0 Å². The van der Waals surface area contributed by atoms with Crippen LogP contribution in [0, 0.1) is 0 Å². The van der Waals surface area contributed by atoms with Crippen LogP contribution in [0.25, 0.3) is 10.9 Å². The highest BCUT2D eigenvalue weighted by Gasteiger charge is 2.35. The predicted octanol–water partition coefficient (Wildman–Crippen LogP) is 1.57. The number of carbonyl (C=O) groups is 2. The number of nitrogens with one attached hydrogen (secondary N) is 2. The maximum atomic E-state index is 12.2. The molecule has 21 heavy (non-hydrogen) atoms. The van der Waals surface area contributed by atoms with E-state index in [2.05, 4.69) is 10.3 Å². The zero-order valence-electron chi connectivity index (χ0n) is 12.0. The summed E-state index contributed by atoms with van der Waals surface area (Å²) in [5.74, 6) is -0.294. The van der Waals surface area contributed by atoms with Gasteiger partial charge in [-0.05, 0) is 18.6 Å². The summed E-state index contributed by atoms with van der Waals surface area (Å²) >= 11 is 0. The third kappa shape index (κ3) is 2.20. The predicted molar refractivity (Wildman–Crippen MR) is 80.5 cm³/mol. The molecule has 0 radical (unpaired) electrons. The van der Waals surface area contributed by atoms with E-state index >= 15 is 0 Å². The summed E-state index contributed by atoms with van der Waals surface area (Å²) in [6, 6.07) is 7.45. The fourth-order valence-corrected chi connectivity index (χ4v) is 2.71. The number of aromatic nitrogens is 1. The van der Waals surface area contributed by atoms with E-state index in [-0.39, 0.29) is 11.8 Å². The Balaban J connectivity index is 1.91. The molecule has 1 unspecified atom stereocenters. The summed E-state index contributed by atoms with van der Waals surface area (Å²) < 4.78 is 0. The molecule has 1 saturated heterocycles. The van der Waals surface area contributed by atoms with Gasteiger partial charge < -0.3 is 15.2 Å². The lowest BCUT2D eigenvalue weighted by molar-refractivity contribution is -0.140. The summed E-state index contributed by atoms with van der Waals surface area (Å²) in [4.78, 5) is 29.1. The molecule has 0 spiro atoms. The lowest BCUT2D eigenvalue weighted by Gasteiger charge is -2.33. The second-order valence-corrected chi connectivity index (χ2v) is 5.19. The molecule has 2 N–H and O–H groups in total. The molecule has 5 nitrogen and oxygen atoms in total. The number of fused-ring (bicyclic) bond motifs is 1. The van der Waals surface area contributed by atoms with Gasteiger partial charge in [-0.1, -0.05) is 24.3 Å². The van der Waals surface area contributed by atoms with Gasteiger partial charge in [0.15, 0.2) is 0 Å². The fraction of sp³-hybridized carbons (Fsp3) is 0.250. The molecule has 3 rings (SSSR count). The molecule has 1 atom stereocenters. The number of likely N-dealkylation sites (N-methyl/N-ethyl adjacent to an activating group) is 1. The second-order valence-electron chi connectivity index (χ2n) is 5.19.